The monoisotopic (exact) mass is 803 g/mol. The van der Waals surface area contributed by atoms with E-state index in [1.165, 1.54) is 82.1 Å². The van der Waals surface area contributed by atoms with E-state index in [1.807, 2.05) is 34.0 Å². The highest BCUT2D eigenvalue weighted by Gasteiger charge is 2.24. The Morgan fingerprint density at radius 1 is 0.288 bits per heavy atom. The molecule has 0 spiro atoms. The van der Waals surface area contributed by atoms with Gasteiger partial charge in [0.25, 0.3) is 0 Å². The molecule has 0 fully saturated rings. The Hall–Kier alpha value is -6.83. The van der Waals surface area contributed by atoms with Crippen molar-refractivity contribution in [1.29, 1.82) is 0 Å². The molecule has 0 saturated heterocycles. The van der Waals surface area contributed by atoms with Gasteiger partial charge in [-0.2, -0.15) is 0 Å². The first kappa shape index (κ1) is 33.2. The van der Waals surface area contributed by atoms with Crippen LogP contribution in [-0.2, 0) is 0 Å². The molecule has 0 amide bonds. The van der Waals surface area contributed by atoms with Gasteiger partial charge in [-0.15, -0.1) is 34.0 Å². The molecule has 0 bridgehead atoms. The minimum absolute atomic E-state index is 0.665. The van der Waals surface area contributed by atoms with E-state index in [0.29, 0.717) is 17.5 Å². The predicted octanol–water partition coefficient (Wildman–Crippen LogP) is 15.9. The maximum atomic E-state index is 5.60. The van der Waals surface area contributed by atoms with Gasteiger partial charge >= 0.3 is 0 Å². The highest BCUT2D eigenvalue weighted by atomic mass is 32.1. The van der Waals surface area contributed by atoms with Crippen LogP contribution in [0.4, 0.5) is 0 Å². The summed E-state index contributed by atoms with van der Waals surface area (Å²) in [7, 11) is 0. The molecule has 0 atom stereocenters. The first-order chi connectivity index (χ1) is 29.2. The first-order valence-corrected chi connectivity index (χ1v) is 22.1. The summed E-state index contributed by atoms with van der Waals surface area (Å²) in [6.45, 7) is 0. The lowest BCUT2D eigenvalue weighted by atomic mass is 9.97. The molecule has 13 aromatic rings. The molecule has 59 heavy (non-hydrogen) atoms. The molecule has 13 rings (SSSR count). The van der Waals surface area contributed by atoms with Crippen molar-refractivity contribution in [2.45, 2.75) is 0 Å². The van der Waals surface area contributed by atoms with Gasteiger partial charge in [0.15, 0.2) is 17.5 Å². The maximum Gasteiger partial charge on any atom is 0.164 e. The van der Waals surface area contributed by atoms with Crippen molar-refractivity contribution >= 4 is 116 Å². The standard InChI is InChI=1S/C53H29N3S3/c1-2-14-30(15-3-1)33-28-39(46-36-20-8-11-23-42(36)57-45(46)29-33)51-54-52(40-26-31-16-4-6-18-34(31)49-47(40)37-21-9-12-24-43(37)58-49)56-53(55-51)41-27-32-17-5-7-19-35(32)50-48(41)38-22-10-13-25-44(38)59-50/h1-29H. The Balaban J connectivity index is 1.20. The van der Waals surface area contributed by atoms with Crippen LogP contribution < -0.4 is 0 Å². The van der Waals surface area contributed by atoms with Crippen LogP contribution in [-0.4, -0.2) is 15.0 Å². The van der Waals surface area contributed by atoms with Crippen molar-refractivity contribution in [3.63, 3.8) is 0 Å². The van der Waals surface area contributed by atoms with E-state index < -0.39 is 0 Å². The van der Waals surface area contributed by atoms with Crippen LogP contribution >= 0.6 is 34.0 Å². The second kappa shape index (κ2) is 12.8. The summed E-state index contributed by atoms with van der Waals surface area (Å²) in [6, 6.07) is 63.5. The van der Waals surface area contributed by atoms with Crippen LogP contribution in [0.25, 0.3) is 127 Å². The summed E-state index contributed by atoms with van der Waals surface area (Å²) >= 11 is 5.51. The second-order valence-corrected chi connectivity index (χ2v) is 18.3. The molecule has 0 N–H and O–H groups in total. The van der Waals surface area contributed by atoms with Gasteiger partial charge in [-0.25, -0.2) is 15.0 Å². The van der Waals surface area contributed by atoms with E-state index in [-0.39, 0.29) is 0 Å². The van der Waals surface area contributed by atoms with Gasteiger partial charge in [0.2, 0.25) is 0 Å². The van der Waals surface area contributed by atoms with Gasteiger partial charge in [0.05, 0.1) is 0 Å². The first-order valence-electron chi connectivity index (χ1n) is 19.7. The third-order valence-corrected chi connectivity index (χ3v) is 15.2. The molecule has 0 radical (unpaired) electrons. The Morgan fingerprint density at radius 2 is 0.695 bits per heavy atom. The molecule has 4 aromatic heterocycles. The Labute approximate surface area is 350 Å². The van der Waals surface area contributed by atoms with E-state index in [0.717, 1.165) is 27.8 Å². The van der Waals surface area contributed by atoms with Gasteiger partial charge in [-0.1, -0.05) is 133 Å². The molecule has 6 heteroatoms. The van der Waals surface area contributed by atoms with E-state index in [9.17, 15) is 0 Å². The number of hydrogen-bond acceptors (Lipinski definition) is 6. The number of thiophene rings is 3. The van der Waals surface area contributed by atoms with Crippen molar-refractivity contribution in [2.75, 3.05) is 0 Å². The van der Waals surface area contributed by atoms with Crippen LogP contribution in [0.1, 0.15) is 0 Å². The average molecular weight is 804 g/mol. The summed E-state index contributed by atoms with van der Waals surface area (Å²) in [4.78, 5) is 16.8. The van der Waals surface area contributed by atoms with Crippen LogP contribution in [0.3, 0.4) is 0 Å². The molecule has 274 valence electrons. The second-order valence-electron chi connectivity index (χ2n) is 15.1. The molecular formula is C53H29N3S3. The molecule has 0 unspecified atom stereocenters. The lowest BCUT2D eigenvalue weighted by molar-refractivity contribution is 1.08. The van der Waals surface area contributed by atoms with E-state index in [2.05, 4.69) is 176 Å². The smallest absolute Gasteiger partial charge is 0.164 e. The molecule has 0 aliphatic carbocycles. The van der Waals surface area contributed by atoms with Crippen molar-refractivity contribution in [3.8, 4) is 45.3 Å². The third kappa shape index (κ3) is 5.07. The van der Waals surface area contributed by atoms with Crippen molar-refractivity contribution in [3.05, 3.63) is 176 Å². The van der Waals surface area contributed by atoms with Crippen LogP contribution in [0.2, 0.25) is 0 Å². The van der Waals surface area contributed by atoms with Gasteiger partial charge in [-0.05, 0) is 75.1 Å². The van der Waals surface area contributed by atoms with Gasteiger partial charge in [0.1, 0.15) is 0 Å². The van der Waals surface area contributed by atoms with Gasteiger partial charge in [-0.3, -0.25) is 0 Å². The number of nitrogens with zero attached hydrogens (tertiary/aromatic N) is 3. The van der Waals surface area contributed by atoms with Gasteiger partial charge in [0, 0.05) is 77.2 Å². The summed E-state index contributed by atoms with van der Waals surface area (Å²) in [5, 5.41) is 12.0. The average Bonchev–Trinajstić information content (AvgIpc) is 4.01. The summed E-state index contributed by atoms with van der Waals surface area (Å²) in [5.41, 5.74) is 5.32. The summed E-state index contributed by atoms with van der Waals surface area (Å²) < 4.78 is 7.44. The largest absolute Gasteiger partial charge is 0.208 e. The maximum absolute atomic E-state index is 5.60. The number of hydrogen-bond donors (Lipinski definition) is 0. The van der Waals surface area contributed by atoms with Crippen LogP contribution in [0.5, 0.6) is 0 Å². The molecule has 9 aromatic carbocycles. The zero-order chi connectivity index (χ0) is 38.6. The Morgan fingerprint density at radius 3 is 1.22 bits per heavy atom. The highest BCUT2D eigenvalue weighted by Crippen LogP contribution is 2.48. The highest BCUT2D eigenvalue weighted by molar-refractivity contribution is 7.27. The van der Waals surface area contributed by atoms with Crippen molar-refractivity contribution in [1.82, 2.24) is 15.0 Å². The fourth-order valence-electron chi connectivity index (χ4n) is 9.04. The van der Waals surface area contributed by atoms with Crippen LogP contribution in [0, 0.1) is 0 Å². The van der Waals surface area contributed by atoms with Crippen molar-refractivity contribution in [2.24, 2.45) is 0 Å². The van der Waals surface area contributed by atoms with E-state index in [1.54, 1.807) is 0 Å². The quantitative estimate of drug-likeness (QED) is 0.178. The minimum atomic E-state index is 0.665. The van der Waals surface area contributed by atoms with Crippen molar-refractivity contribution < 1.29 is 0 Å². The Kier molecular flexibility index (Phi) is 7.22. The number of fused-ring (bicyclic) bond motifs is 13. The van der Waals surface area contributed by atoms with Crippen LogP contribution in [0.15, 0.2) is 176 Å². The molecule has 0 aliphatic rings. The van der Waals surface area contributed by atoms with E-state index >= 15 is 0 Å². The number of aromatic nitrogens is 3. The lowest BCUT2D eigenvalue weighted by Crippen LogP contribution is -2.01. The number of rotatable bonds is 4. The fraction of sp³-hybridized carbons (Fsp3) is 0. The predicted molar refractivity (Wildman–Crippen MR) is 255 cm³/mol. The van der Waals surface area contributed by atoms with Gasteiger partial charge < -0.3 is 0 Å². The fourth-order valence-corrected chi connectivity index (χ4v) is 12.7. The number of benzene rings is 9. The third-order valence-electron chi connectivity index (χ3n) is 11.7. The Bertz CT molecular complexity index is 3690. The summed E-state index contributed by atoms with van der Waals surface area (Å²) in [5.74, 6) is 2.00. The lowest BCUT2D eigenvalue weighted by Gasteiger charge is -2.14. The zero-order valence-electron chi connectivity index (χ0n) is 31.3. The molecule has 0 saturated carbocycles. The normalized spacial score (nSPS) is 12.1. The minimum Gasteiger partial charge on any atom is -0.208 e. The topological polar surface area (TPSA) is 38.7 Å². The molecule has 3 nitrogen and oxygen atoms in total. The zero-order valence-corrected chi connectivity index (χ0v) is 33.8. The molecular weight excluding hydrogens is 775 g/mol. The van der Waals surface area contributed by atoms with E-state index in [4.69, 9.17) is 15.0 Å². The molecule has 0 aliphatic heterocycles. The summed E-state index contributed by atoms with van der Waals surface area (Å²) in [6.07, 6.45) is 0. The molecule has 4 heterocycles. The SMILES string of the molecule is c1ccc(-c2cc(-c3nc(-c4cc5ccccc5c5sc6ccccc6c45)nc(-c4cc5ccccc5c5sc6ccccc6c45)n3)c3c(c2)sc2ccccc23)cc1.